The zero-order chi connectivity index (χ0) is 19.2. The molecule has 2 nitrogen and oxygen atoms in total. The fourth-order valence-electron chi connectivity index (χ4n) is 2.64. The molecule has 4 heteroatoms. The topological polar surface area (TPSA) is 33.0 Å². The van der Waals surface area contributed by atoms with E-state index in [2.05, 4.69) is 37.9 Å². The fourth-order valence-corrected chi connectivity index (χ4v) is 4.01. The Balaban J connectivity index is 1.98. The van der Waals surface area contributed by atoms with E-state index in [1.807, 2.05) is 79.7 Å². The molecule has 0 amide bonds. The number of allylic oxidation sites excluding steroid dienone is 1. The Morgan fingerprint density at radius 2 is 1.74 bits per heavy atom. The van der Waals surface area contributed by atoms with Crippen LogP contribution in [-0.2, 0) is 6.61 Å². The number of halogens is 2. The molecule has 0 spiro atoms. The molecule has 0 saturated heterocycles. The van der Waals surface area contributed by atoms with Gasteiger partial charge in [-0.2, -0.15) is 5.26 Å². The maximum atomic E-state index is 9.66. The predicted molar refractivity (Wildman–Crippen MR) is 117 cm³/mol. The summed E-state index contributed by atoms with van der Waals surface area (Å²) in [5.41, 5.74) is 4.55. The molecule has 0 fully saturated rings. The van der Waals surface area contributed by atoms with Crippen LogP contribution in [-0.4, -0.2) is 0 Å². The van der Waals surface area contributed by atoms with Crippen LogP contribution in [0.1, 0.15) is 22.3 Å². The largest absolute Gasteiger partial charge is 0.487 e. The molecular weight excluding hydrogens is 466 g/mol. The molecule has 3 aromatic rings. The summed E-state index contributed by atoms with van der Waals surface area (Å²) in [6.45, 7) is 2.48. The first-order chi connectivity index (χ1) is 13.1. The molecule has 0 aromatic heterocycles. The number of hydrogen-bond donors (Lipinski definition) is 0. The third-order valence-electron chi connectivity index (χ3n) is 4.05. The van der Waals surface area contributed by atoms with E-state index >= 15 is 0 Å². The van der Waals surface area contributed by atoms with E-state index in [0.717, 1.165) is 31.2 Å². The van der Waals surface area contributed by atoms with Gasteiger partial charge in [0.1, 0.15) is 12.4 Å². The number of nitriles is 1. The van der Waals surface area contributed by atoms with E-state index < -0.39 is 0 Å². The molecule has 0 radical (unpaired) electrons. The number of benzene rings is 3. The second-order valence-electron chi connectivity index (χ2n) is 6.12. The van der Waals surface area contributed by atoms with Gasteiger partial charge in [-0.1, -0.05) is 76.1 Å². The van der Waals surface area contributed by atoms with Crippen LogP contribution < -0.4 is 4.74 Å². The SMILES string of the molecule is Cc1ccc(/C(C#N)=C/c2cc(Br)cc(Br)c2OCc2ccccc2)cc1. The van der Waals surface area contributed by atoms with Gasteiger partial charge in [-0.15, -0.1) is 0 Å². The number of rotatable bonds is 5. The molecule has 0 N–H and O–H groups in total. The minimum Gasteiger partial charge on any atom is -0.487 e. The minimum absolute atomic E-state index is 0.453. The first kappa shape index (κ1) is 19.4. The summed E-state index contributed by atoms with van der Waals surface area (Å²) in [6.07, 6.45) is 1.86. The summed E-state index contributed by atoms with van der Waals surface area (Å²) in [5.74, 6) is 0.710. The molecule has 0 aliphatic heterocycles. The van der Waals surface area contributed by atoms with Crippen LogP contribution >= 0.6 is 31.9 Å². The Bertz CT molecular complexity index is 1000. The number of ether oxygens (including phenoxy) is 1. The van der Waals surface area contributed by atoms with E-state index in [1.165, 1.54) is 0 Å². The Morgan fingerprint density at radius 1 is 1.04 bits per heavy atom. The van der Waals surface area contributed by atoms with Crippen molar-refractivity contribution in [2.45, 2.75) is 13.5 Å². The summed E-state index contributed by atoms with van der Waals surface area (Å²) in [4.78, 5) is 0. The first-order valence-electron chi connectivity index (χ1n) is 8.41. The predicted octanol–water partition coefficient (Wildman–Crippen LogP) is 7.16. The minimum atomic E-state index is 0.453. The molecule has 0 atom stereocenters. The van der Waals surface area contributed by atoms with Crippen molar-refractivity contribution in [1.29, 1.82) is 5.26 Å². The summed E-state index contributed by atoms with van der Waals surface area (Å²) >= 11 is 7.11. The lowest BCUT2D eigenvalue weighted by molar-refractivity contribution is 0.303. The quantitative estimate of drug-likeness (QED) is 0.285. The van der Waals surface area contributed by atoms with Crippen LogP contribution in [0.2, 0.25) is 0 Å². The highest BCUT2D eigenvalue weighted by Crippen LogP contribution is 2.35. The van der Waals surface area contributed by atoms with Crippen LogP contribution in [0.5, 0.6) is 5.75 Å². The second kappa shape index (κ2) is 9.03. The van der Waals surface area contributed by atoms with Crippen molar-refractivity contribution in [3.05, 3.63) is 97.9 Å². The van der Waals surface area contributed by atoms with Gasteiger partial charge in [0.05, 0.1) is 16.1 Å². The summed E-state index contributed by atoms with van der Waals surface area (Å²) < 4.78 is 7.83. The van der Waals surface area contributed by atoms with Gasteiger partial charge in [0.2, 0.25) is 0 Å². The average Bonchev–Trinajstić information content (AvgIpc) is 2.67. The van der Waals surface area contributed by atoms with Gasteiger partial charge in [-0.25, -0.2) is 0 Å². The summed E-state index contributed by atoms with van der Waals surface area (Å²) in [5, 5.41) is 9.66. The van der Waals surface area contributed by atoms with E-state index in [9.17, 15) is 5.26 Å². The monoisotopic (exact) mass is 481 g/mol. The Hall–Kier alpha value is -2.35. The van der Waals surface area contributed by atoms with Crippen LogP contribution in [0.3, 0.4) is 0 Å². The number of nitrogens with zero attached hydrogens (tertiary/aromatic N) is 1. The van der Waals surface area contributed by atoms with Crippen molar-refractivity contribution in [2.75, 3.05) is 0 Å². The molecule has 0 unspecified atom stereocenters. The Labute approximate surface area is 176 Å². The van der Waals surface area contributed by atoms with Gasteiger partial charge < -0.3 is 4.74 Å². The van der Waals surface area contributed by atoms with Gasteiger partial charge in [-0.05, 0) is 52.2 Å². The van der Waals surface area contributed by atoms with Crippen LogP contribution in [0.25, 0.3) is 11.6 Å². The van der Waals surface area contributed by atoms with E-state index in [-0.39, 0.29) is 0 Å². The molecule has 0 aliphatic rings. The van der Waals surface area contributed by atoms with E-state index in [0.29, 0.717) is 17.9 Å². The molecule has 134 valence electrons. The fraction of sp³-hybridized carbons (Fsp3) is 0.0870. The molecule has 0 bridgehead atoms. The third-order valence-corrected chi connectivity index (χ3v) is 5.09. The van der Waals surface area contributed by atoms with Crippen LogP contribution in [0.4, 0.5) is 0 Å². The van der Waals surface area contributed by atoms with Gasteiger partial charge >= 0.3 is 0 Å². The van der Waals surface area contributed by atoms with Crippen molar-refractivity contribution in [1.82, 2.24) is 0 Å². The average molecular weight is 483 g/mol. The molecule has 27 heavy (non-hydrogen) atoms. The summed E-state index contributed by atoms with van der Waals surface area (Å²) in [6, 6.07) is 24.1. The highest BCUT2D eigenvalue weighted by atomic mass is 79.9. The van der Waals surface area contributed by atoms with E-state index in [1.54, 1.807) is 0 Å². The lowest BCUT2D eigenvalue weighted by Gasteiger charge is -2.13. The maximum Gasteiger partial charge on any atom is 0.141 e. The van der Waals surface area contributed by atoms with Gasteiger partial charge in [0.15, 0.2) is 0 Å². The second-order valence-corrected chi connectivity index (χ2v) is 7.89. The lowest BCUT2D eigenvalue weighted by atomic mass is 10.0. The Morgan fingerprint density at radius 3 is 2.41 bits per heavy atom. The van der Waals surface area contributed by atoms with Crippen molar-refractivity contribution < 1.29 is 4.74 Å². The molecule has 0 heterocycles. The van der Waals surface area contributed by atoms with Gasteiger partial charge in [0, 0.05) is 10.0 Å². The van der Waals surface area contributed by atoms with Crippen molar-refractivity contribution in [3.63, 3.8) is 0 Å². The van der Waals surface area contributed by atoms with E-state index in [4.69, 9.17) is 4.74 Å². The zero-order valence-electron chi connectivity index (χ0n) is 14.7. The molecule has 3 aromatic carbocycles. The van der Waals surface area contributed by atoms with Crippen LogP contribution in [0.15, 0.2) is 75.7 Å². The zero-order valence-corrected chi connectivity index (χ0v) is 17.9. The number of aryl methyl sites for hydroxylation is 1. The maximum absolute atomic E-state index is 9.66. The molecule has 3 rings (SSSR count). The van der Waals surface area contributed by atoms with Crippen molar-refractivity contribution in [3.8, 4) is 11.8 Å². The summed E-state index contributed by atoms with van der Waals surface area (Å²) in [7, 11) is 0. The normalized spacial score (nSPS) is 11.1. The number of hydrogen-bond acceptors (Lipinski definition) is 2. The molecule has 0 saturated carbocycles. The standard InChI is InChI=1S/C23H17Br2NO/c1-16-7-9-18(10-8-16)20(14-26)11-19-12-21(24)13-22(25)23(19)27-15-17-5-3-2-4-6-17/h2-13H,15H2,1H3/b20-11+. The van der Waals surface area contributed by atoms with Crippen molar-refractivity contribution in [2.24, 2.45) is 0 Å². The highest BCUT2D eigenvalue weighted by Gasteiger charge is 2.11. The first-order valence-corrected chi connectivity index (χ1v) is 10.00. The Kier molecular flexibility index (Phi) is 6.49. The van der Waals surface area contributed by atoms with Crippen molar-refractivity contribution >= 4 is 43.5 Å². The lowest BCUT2D eigenvalue weighted by Crippen LogP contribution is -1.98. The highest BCUT2D eigenvalue weighted by molar-refractivity contribution is 9.11. The molecule has 0 aliphatic carbocycles. The smallest absolute Gasteiger partial charge is 0.141 e. The third kappa shape index (κ3) is 5.09. The van der Waals surface area contributed by atoms with Gasteiger partial charge in [-0.3, -0.25) is 0 Å². The van der Waals surface area contributed by atoms with Gasteiger partial charge in [0.25, 0.3) is 0 Å². The molecular formula is C23H17Br2NO. The van der Waals surface area contributed by atoms with Crippen LogP contribution in [0, 0.1) is 18.3 Å².